The molecule has 6 nitrogen and oxygen atoms in total. The van der Waals surface area contributed by atoms with Gasteiger partial charge in [0, 0.05) is 33.6 Å². The molecule has 0 aliphatic rings. The van der Waals surface area contributed by atoms with E-state index in [1.807, 2.05) is 42.5 Å². The van der Waals surface area contributed by atoms with Crippen molar-refractivity contribution in [2.24, 2.45) is 0 Å². The van der Waals surface area contributed by atoms with Gasteiger partial charge in [0.05, 0.1) is 26.8 Å². The molecular formula is C20H18N2O4. The molecule has 0 saturated heterocycles. The van der Waals surface area contributed by atoms with E-state index in [1.165, 1.54) is 7.11 Å². The van der Waals surface area contributed by atoms with Crippen molar-refractivity contribution in [1.29, 1.82) is 0 Å². The Kier molecular flexibility index (Phi) is 3.80. The summed E-state index contributed by atoms with van der Waals surface area (Å²) in [6.45, 7) is 0. The van der Waals surface area contributed by atoms with Crippen LogP contribution in [0.3, 0.4) is 0 Å². The van der Waals surface area contributed by atoms with E-state index in [9.17, 15) is 4.79 Å². The molecule has 2 N–H and O–H groups in total. The lowest BCUT2D eigenvalue weighted by Gasteiger charge is -2.07. The number of nitrogens with one attached hydrogen (secondary N) is 2. The molecule has 132 valence electrons. The molecule has 0 amide bonds. The predicted molar refractivity (Wildman–Crippen MR) is 100 cm³/mol. The molecule has 2 aromatic carbocycles. The Morgan fingerprint density at radius 1 is 0.885 bits per heavy atom. The highest BCUT2D eigenvalue weighted by Gasteiger charge is 2.23. The quantitative estimate of drug-likeness (QED) is 0.543. The molecule has 0 saturated carbocycles. The zero-order chi connectivity index (χ0) is 18.3. The lowest BCUT2D eigenvalue weighted by atomic mass is 10.1. The van der Waals surface area contributed by atoms with Crippen molar-refractivity contribution in [2.45, 2.75) is 0 Å². The number of hydrogen-bond acceptors (Lipinski definition) is 4. The molecular weight excluding hydrogens is 332 g/mol. The molecule has 0 aliphatic heterocycles. The van der Waals surface area contributed by atoms with Crippen molar-refractivity contribution >= 4 is 27.8 Å². The maximum atomic E-state index is 12.4. The van der Waals surface area contributed by atoms with Crippen LogP contribution in [0.2, 0.25) is 0 Å². The van der Waals surface area contributed by atoms with E-state index in [-0.39, 0.29) is 0 Å². The van der Waals surface area contributed by atoms with Crippen LogP contribution in [0.4, 0.5) is 0 Å². The van der Waals surface area contributed by atoms with Gasteiger partial charge < -0.3 is 24.2 Å². The Morgan fingerprint density at radius 2 is 1.62 bits per heavy atom. The van der Waals surface area contributed by atoms with E-state index in [0.29, 0.717) is 17.2 Å². The van der Waals surface area contributed by atoms with Crippen molar-refractivity contribution in [3.63, 3.8) is 0 Å². The maximum Gasteiger partial charge on any atom is 0.355 e. The second kappa shape index (κ2) is 6.15. The number of benzene rings is 2. The summed E-state index contributed by atoms with van der Waals surface area (Å²) in [6.07, 6.45) is 0. The number of ether oxygens (including phenoxy) is 3. The third-order valence-electron chi connectivity index (χ3n) is 4.49. The van der Waals surface area contributed by atoms with Crippen molar-refractivity contribution in [3.05, 3.63) is 48.2 Å². The Balaban J connectivity index is 2.05. The van der Waals surface area contributed by atoms with Crippen LogP contribution in [0.15, 0.2) is 42.5 Å². The summed E-state index contributed by atoms with van der Waals surface area (Å²) in [4.78, 5) is 18.9. The predicted octanol–water partition coefficient (Wildman–Crippen LogP) is 4.12. The van der Waals surface area contributed by atoms with Gasteiger partial charge >= 0.3 is 5.97 Å². The first-order chi connectivity index (χ1) is 12.7. The fraction of sp³-hybridized carbons (Fsp3) is 0.150. The summed E-state index contributed by atoms with van der Waals surface area (Å²) in [5.74, 6) is 0.737. The van der Waals surface area contributed by atoms with Crippen LogP contribution >= 0.6 is 0 Å². The molecule has 0 bridgehead atoms. The topological polar surface area (TPSA) is 76.3 Å². The highest BCUT2D eigenvalue weighted by atomic mass is 16.5. The van der Waals surface area contributed by atoms with Crippen LogP contribution in [-0.2, 0) is 4.74 Å². The van der Waals surface area contributed by atoms with Crippen molar-refractivity contribution in [2.75, 3.05) is 21.3 Å². The number of aromatic amines is 2. The van der Waals surface area contributed by atoms with E-state index in [0.717, 1.165) is 33.1 Å². The smallest absolute Gasteiger partial charge is 0.355 e. The van der Waals surface area contributed by atoms with E-state index < -0.39 is 5.97 Å². The number of aromatic nitrogens is 2. The minimum atomic E-state index is -0.437. The van der Waals surface area contributed by atoms with E-state index in [4.69, 9.17) is 14.2 Å². The van der Waals surface area contributed by atoms with E-state index in [1.54, 1.807) is 14.2 Å². The molecule has 2 aromatic heterocycles. The van der Waals surface area contributed by atoms with Crippen molar-refractivity contribution < 1.29 is 19.0 Å². The first-order valence-corrected chi connectivity index (χ1v) is 8.10. The number of carbonyl (C=O) groups excluding carboxylic acids is 1. The number of hydrogen-bond donors (Lipinski definition) is 2. The van der Waals surface area contributed by atoms with Crippen LogP contribution in [0.25, 0.3) is 33.1 Å². The van der Waals surface area contributed by atoms with Gasteiger partial charge in [0.1, 0.15) is 5.69 Å². The zero-order valence-electron chi connectivity index (χ0n) is 14.7. The SMILES string of the molecule is COC(=O)c1[nH]c2cc(OC)c(OC)cc2c1-c1cc2ccccc2[nH]1. The van der Waals surface area contributed by atoms with Gasteiger partial charge in [-0.25, -0.2) is 4.79 Å². The van der Waals surface area contributed by atoms with Gasteiger partial charge in [-0.1, -0.05) is 18.2 Å². The van der Waals surface area contributed by atoms with Gasteiger partial charge in [-0.05, 0) is 18.2 Å². The van der Waals surface area contributed by atoms with E-state index in [2.05, 4.69) is 9.97 Å². The normalized spacial score (nSPS) is 11.0. The molecule has 4 aromatic rings. The minimum Gasteiger partial charge on any atom is -0.493 e. The molecule has 0 aliphatic carbocycles. The monoisotopic (exact) mass is 350 g/mol. The maximum absolute atomic E-state index is 12.4. The fourth-order valence-electron chi connectivity index (χ4n) is 3.26. The molecule has 2 heterocycles. The van der Waals surface area contributed by atoms with Gasteiger partial charge in [0.25, 0.3) is 0 Å². The van der Waals surface area contributed by atoms with Crippen LogP contribution in [0.5, 0.6) is 11.5 Å². The van der Waals surface area contributed by atoms with Crippen LogP contribution < -0.4 is 9.47 Å². The summed E-state index contributed by atoms with van der Waals surface area (Å²) in [7, 11) is 4.52. The summed E-state index contributed by atoms with van der Waals surface area (Å²) >= 11 is 0. The van der Waals surface area contributed by atoms with Crippen molar-refractivity contribution in [1.82, 2.24) is 9.97 Å². The third kappa shape index (κ3) is 2.38. The molecule has 0 fully saturated rings. The second-order valence-corrected chi connectivity index (χ2v) is 5.89. The number of H-pyrrole nitrogens is 2. The molecule has 0 radical (unpaired) electrons. The zero-order valence-corrected chi connectivity index (χ0v) is 14.7. The third-order valence-corrected chi connectivity index (χ3v) is 4.49. The number of para-hydroxylation sites is 1. The summed E-state index contributed by atoms with van der Waals surface area (Å²) in [6, 6.07) is 13.6. The highest BCUT2D eigenvalue weighted by molar-refractivity contribution is 6.09. The molecule has 6 heteroatoms. The Bertz CT molecular complexity index is 1090. The molecule has 0 spiro atoms. The first-order valence-electron chi connectivity index (χ1n) is 8.10. The summed E-state index contributed by atoms with van der Waals surface area (Å²) in [5, 5.41) is 1.91. The number of fused-ring (bicyclic) bond motifs is 2. The molecule has 0 unspecified atom stereocenters. The average Bonchev–Trinajstić information content (AvgIpc) is 3.26. The van der Waals surface area contributed by atoms with Crippen LogP contribution in [0.1, 0.15) is 10.5 Å². The second-order valence-electron chi connectivity index (χ2n) is 5.89. The summed E-state index contributed by atoms with van der Waals surface area (Å²) < 4.78 is 15.8. The largest absolute Gasteiger partial charge is 0.493 e. The molecule has 26 heavy (non-hydrogen) atoms. The Hall–Kier alpha value is -3.41. The Labute approximate surface area is 149 Å². The Morgan fingerprint density at radius 3 is 2.31 bits per heavy atom. The lowest BCUT2D eigenvalue weighted by molar-refractivity contribution is 0.0596. The minimum absolute atomic E-state index is 0.379. The van der Waals surface area contributed by atoms with Crippen LogP contribution in [0, 0.1) is 0 Å². The summed E-state index contributed by atoms with van der Waals surface area (Å²) in [5.41, 5.74) is 3.70. The number of carbonyl (C=O) groups is 1. The van der Waals surface area contributed by atoms with Gasteiger partial charge in [0.15, 0.2) is 11.5 Å². The van der Waals surface area contributed by atoms with Gasteiger partial charge in [-0.3, -0.25) is 0 Å². The molecule has 0 atom stereocenters. The number of rotatable bonds is 4. The van der Waals surface area contributed by atoms with Gasteiger partial charge in [-0.2, -0.15) is 0 Å². The van der Waals surface area contributed by atoms with E-state index >= 15 is 0 Å². The van der Waals surface area contributed by atoms with Crippen molar-refractivity contribution in [3.8, 4) is 22.8 Å². The number of esters is 1. The molecule has 4 rings (SSSR count). The lowest BCUT2D eigenvalue weighted by Crippen LogP contribution is -2.03. The number of methoxy groups -OCH3 is 3. The van der Waals surface area contributed by atoms with Crippen LogP contribution in [-0.4, -0.2) is 37.3 Å². The average molecular weight is 350 g/mol. The standard InChI is InChI=1S/C20H18N2O4/c1-24-16-9-12-14(10-17(16)25-2)22-19(20(23)26-3)18(12)15-8-11-6-4-5-7-13(11)21-15/h4-10,21-22H,1-3H3. The first kappa shape index (κ1) is 16.1. The van der Waals surface area contributed by atoms with Gasteiger partial charge in [0.2, 0.25) is 0 Å². The fourth-order valence-corrected chi connectivity index (χ4v) is 3.26. The van der Waals surface area contributed by atoms with Gasteiger partial charge in [-0.15, -0.1) is 0 Å². The highest BCUT2D eigenvalue weighted by Crippen LogP contribution is 2.39.